The van der Waals surface area contributed by atoms with E-state index in [1.165, 1.54) is 6.08 Å². The Morgan fingerprint density at radius 2 is 2.05 bits per heavy atom. The first-order chi connectivity index (χ1) is 10.5. The van der Waals surface area contributed by atoms with E-state index in [0.717, 1.165) is 5.56 Å². The minimum absolute atomic E-state index is 0.0178. The van der Waals surface area contributed by atoms with Crippen LogP contribution in [0.25, 0.3) is 0 Å². The van der Waals surface area contributed by atoms with Gasteiger partial charge >= 0.3 is 0 Å². The number of carbonyl (C=O) groups excluding carboxylic acids is 1. The monoisotopic (exact) mass is 303 g/mol. The summed E-state index contributed by atoms with van der Waals surface area (Å²) in [5, 5.41) is 11.1. The van der Waals surface area contributed by atoms with E-state index >= 15 is 0 Å². The molecule has 0 aromatic heterocycles. The van der Waals surface area contributed by atoms with Crippen LogP contribution in [0.2, 0.25) is 0 Å². The zero-order chi connectivity index (χ0) is 16.1. The van der Waals surface area contributed by atoms with Crippen LogP contribution in [0.5, 0.6) is 0 Å². The molecule has 2 rings (SSSR count). The van der Waals surface area contributed by atoms with Crippen molar-refractivity contribution < 1.29 is 14.5 Å². The third-order valence-corrected chi connectivity index (χ3v) is 4.10. The molecule has 3 atom stereocenters. The molecule has 0 radical (unpaired) electrons. The molecule has 0 heterocycles. The summed E-state index contributed by atoms with van der Waals surface area (Å²) in [6.07, 6.45) is 2.16. The number of carbonyl (C=O) groups is 1. The van der Waals surface area contributed by atoms with Gasteiger partial charge in [-0.05, 0) is 18.4 Å². The van der Waals surface area contributed by atoms with Crippen LogP contribution >= 0.6 is 0 Å². The number of ether oxygens (including phenoxy) is 1. The highest BCUT2D eigenvalue weighted by molar-refractivity contribution is 5.94. The number of hydrogen-bond donors (Lipinski definition) is 0. The largest absolute Gasteiger partial charge is 0.498 e. The average Bonchev–Trinajstić information content (AvgIpc) is 2.46. The second-order valence-electron chi connectivity index (χ2n) is 5.69. The van der Waals surface area contributed by atoms with Crippen molar-refractivity contribution in [2.24, 2.45) is 11.8 Å². The summed E-state index contributed by atoms with van der Waals surface area (Å²) in [5.74, 6) is -0.151. The van der Waals surface area contributed by atoms with Crippen LogP contribution in [0.15, 0.2) is 42.2 Å². The Morgan fingerprint density at radius 3 is 2.59 bits per heavy atom. The number of allylic oxidation sites excluding steroid dienone is 2. The summed E-state index contributed by atoms with van der Waals surface area (Å²) in [5.41, 5.74) is 0.845. The fourth-order valence-corrected chi connectivity index (χ4v) is 3.21. The van der Waals surface area contributed by atoms with Crippen molar-refractivity contribution in [3.63, 3.8) is 0 Å². The first kappa shape index (κ1) is 16.2. The van der Waals surface area contributed by atoms with Crippen molar-refractivity contribution in [1.29, 1.82) is 0 Å². The standard InChI is InChI=1S/C17H21NO4/c1-3-22-14-9-12(2)17(16(19)10-14)15(11-18(20)21)13-7-5-4-6-8-13/h4-8,10,12,15,17H,3,9,11H2,1-2H3. The molecule has 1 aliphatic carbocycles. The van der Waals surface area contributed by atoms with Gasteiger partial charge < -0.3 is 4.74 Å². The molecule has 1 aromatic rings. The molecule has 0 bridgehead atoms. The van der Waals surface area contributed by atoms with E-state index in [-0.39, 0.29) is 29.1 Å². The lowest BCUT2D eigenvalue weighted by molar-refractivity contribution is -0.484. The molecule has 22 heavy (non-hydrogen) atoms. The van der Waals surface area contributed by atoms with Crippen molar-refractivity contribution in [3.8, 4) is 0 Å². The number of rotatable bonds is 6. The predicted molar refractivity (Wildman–Crippen MR) is 83.0 cm³/mol. The van der Waals surface area contributed by atoms with Crippen molar-refractivity contribution >= 4 is 5.78 Å². The summed E-state index contributed by atoms with van der Waals surface area (Å²) < 4.78 is 5.44. The molecular weight excluding hydrogens is 282 g/mol. The van der Waals surface area contributed by atoms with Gasteiger partial charge in [-0.15, -0.1) is 0 Å². The third-order valence-electron chi connectivity index (χ3n) is 4.10. The number of nitrogens with zero attached hydrogens (tertiary/aromatic N) is 1. The molecule has 0 aliphatic heterocycles. The van der Waals surface area contributed by atoms with Crippen molar-refractivity contribution in [3.05, 3.63) is 57.8 Å². The molecule has 0 saturated heterocycles. The zero-order valence-corrected chi connectivity index (χ0v) is 12.9. The van der Waals surface area contributed by atoms with Gasteiger partial charge in [-0.25, -0.2) is 0 Å². The van der Waals surface area contributed by atoms with E-state index < -0.39 is 5.92 Å². The van der Waals surface area contributed by atoms with Gasteiger partial charge in [0, 0.05) is 23.3 Å². The Morgan fingerprint density at radius 1 is 1.36 bits per heavy atom. The number of ketones is 1. The molecule has 0 saturated carbocycles. The maximum absolute atomic E-state index is 12.5. The number of benzene rings is 1. The Balaban J connectivity index is 2.31. The third kappa shape index (κ3) is 3.72. The van der Waals surface area contributed by atoms with Gasteiger partial charge in [0.25, 0.3) is 0 Å². The van der Waals surface area contributed by atoms with Crippen LogP contribution in [0.1, 0.15) is 31.7 Å². The van der Waals surface area contributed by atoms with E-state index in [4.69, 9.17) is 4.74 Å². The van der Waals surface area contributed by atoms with Crippen molar-refractivity contribution in [1.82, 2.24) is 0 Å². The minimum Gasteiger partial charge on any atom is -0.498 e. The van der Waals surface area contributed by atoms with Crippen LogP contribution in [-0.2, 0) is 9.53 Å². The fraction of sp³-hybridized carbons (Fsp3) is 0.471. The summed E-state index contributed by atoms with van der Waals surface area (Å²) in [6, 6.07) is 9.28. The van der Waals surface area contributed by atoms with Crippen LogP contribution in [0, 0.1) is 22.0 Å². The Labute approximate surface area is 130 Å². The van der Waals surface area contributed by atoms with E-state index in [2.05, 4.69) is 0 Å². The molecule has 0 spiro atoms. The lowest BCUT2D eigenvalue weighted by Gasteiger charge is -2.32. The summed E-state index contributed by atoms with van der Waals surface area (Å²) >= 11 is 0. The van der Waals surface area contributed by atoms with Crippen LogP contribution in [-0.4, -0.2) is 23.9 Å². The molecule has 118 valence electrons. The SMILES string of the molecule is CCOC1=CC(=O)C(C(C[N+](=O)[O-])c2ccccc2)C(C)C1. The molecule has 1 aromatic carbocycles. The Hall–Kier alpha value is -2.17. The topological polar surface area (TPSA) is 69.4 Å². The van der Waals surface area contributed by atoms with Gasteiger partial charge in [-0.1, -0.05) is 37.3 Å². The lowest BCUT2D eigenvalue weighted by Crippen LogP contribution is -2.34. The van der Waals surface area contributed by atoms with Crippen LogP contribution < -0.4 is 0 Å². The average molecular weight is 303 g/mol. The first-order valence-electron chi connectivity index (χ1n) is 7.56. The normalized spacial score (nSPS) is 22.8. The summed E-state index contributed by atoms with van der Waals surface area (Å²) in [7, 11) is 0. The molecule has 0 amide bonds. The molecular formula is C17H21NO4. The molecule has 0 fully saturated rings. The predicted octanol–water partition coefficient (Wildman–Crippen LogP) is 3.19. The highest BCUT2D eigenvalue weighted by Gasteiger charge is 2.39. The van der Waals surface area contributed by atoms with E-state index in [0.29, 0.717) is 18.8 Å². The molecule has 1 aliphatic rings. The van der Waals surface area contributed by atoms with E-state index in [1.807, 2.05) is 44.2 Å². The van der Waals surface area contributed by atoms with E-state index in [1.54, 1.807) is 0 Å². The van der Waals surface area contributed by atoms with Gasteiger partial charge in [0.2, 0.25) is 6.54 Å². The highest BCUT2D eigenvalue weighted by Crippen LogP contribution is 2.38. The Kier molecular flexibility index (Phi) is 5.31. The maximum Gasteiger partial charge on any atom is 0.211 e. The van der Waals surface area contributed by atoms with Gasteiger partial charge in [0.15, 0.2) is 5.78 Å². The van der Waals surface area contributed by atoms with Crippen molar-refractivity contribution in [2.75, 3.05) is 13.2 Å². The lowest BCUT2D eigenvalue weighted by atomic mass is 9.72. The molecule has 5 heteroatoms. The summed E-state index contributed by atoms with van der Waals surface area (Å²) in [4.78, 5) is 23.2. The molecule has 5 nitrogen and oxygen atoms in total. The van der Waals surface area contributed by atoms with E-state index in [9.17, 15) is 14.9 Å². The van der Waals surface area contributed by atoms with Crippen molar-refractivity contribution in [2.45, 2.75) is 26.2 Å². The molecule has 3 unspecified atom stereocenters. The fourth-order valence-electron chi connectivity index (χ4n) is 3.21. The Bertz CT molecular complexity index is 567. The van der Waals surface area contributed by atoms with Crippen LogP contribution in [0.3, 0.4) is 0 Å². The second kappa shape index (κ2) is 7.20. The molecule has 0 N–H and O–H groups in total. The highest BCUT2D eigenvalue weighted by atomic mass is 16.6. The van der Waals surface area contributed by atoms with Gasteiger partial charge in [0.05, 0.1) is 18.3 Å². The minimum atomic E-state index is -0.405. The first-order valence-corrected chi connectivity index (χ1v) is 7.56. The number of nitro groups is 1. The van der Waals surface area contributed by atoms with Gasteiger partial charge in [-0.2, -0.15) is 0 Å². The van der Waals surface area contributed by atoms with Crippen LogP contribution in [0.4, 0.5) is 0 Å². The quantitative estimate of drug-likeness (QED) is 0.598. The zero-order valence-electron chi connectivity index (χ0n) is 12.9. The smallest absolute Gasteiger partial charge is 0.211 e. The van der Waals surface area contributed by atoms with Gasteiger partial charge in [0.1, 0.15) is 0 Å². The maximum atomic E-state index is 12.5. The second-order valence-corrected chi connectivity index (χ2v) is 5.69. The van der Waals surface area contributed by atoms with Gasteiger partial charge in [-0.3, -0.25) is 14.9 Å². The summed E-state index contributed by atoms with van der Waals surface area (Å²) in [6.45, 7) is 4.13. The number of hydrogen-bond acceptors (Lipinski definition) is 4.